The molecule has 1 aliphatic heterocycles. The Kier molecular flexibility index (Phi) is 6.24. The Hall–Kier alpha value is -2.67. The van der Waals surface area contributed by atoms with Gasteiger partial charge in [0, 0.05) is 18.0 Å². The van der Waals surface area contributed by atoms with Crippen LogP contribution in [0.4, 0.5) is 4.39 Å². The number of hydrogen-bond acceptors (Lipinski definition) is 4. The molecule has 1 saturated heterocycles. The second-order valence-corrected chi connectivity index (χ2v) is 6.80. The standard InChI is InChI=1S/C20H24FN3O3/c21-16-4-2-14(3-5-16)17-6-7-18(27-17)20(26)23-10-1-11-24-12-8-15(9-13-24)19(22)25/h2-7,15H,1,8-13H2,(H2,22,25)(H,23,26). The van der Waals surface area contributed by atoms with E-state index in [0.29, 0.717) is 12.3 Å². The SMILES string of the molecule is NC(=O)C1CCN(CCCNC(=O)c2ccc(-c3ccc(F)cc3)o2)CC1. The van der Waals surface area contributed by atoms with Crippen LogP contribution in [0.25, 0.3) is 11.3 Å². The van der Waals surface area contributed by atoms with E-state index in [4.69, 9.17) is 10.2 Å². The molecule has 2 aromatic rings. The second kappa shape index (κ2) is 8.81. The van der Waals surface area contributed by atoms with Crippen LogP contribution in [0.5, 0.6) is 0 Å². The lowest BCUT2D eigenvalue weighted by Crippen LogP contribution is -2.39. The minimum absolute atomic E-state index is 0.00444. The maximum atomic E-state index is 13.0. The van der Waals surface area contributed by atoms with Crippen LogP contribution in [0.2, 0.25) is 0 Å². The first kappa shape index (κ1) is 19.1. The van der Waals surface area contributed by atoms with Crippen molar-refractivity contribution in [3.63, 3.8) is 0 Å². The lowest BCUT2D eigenvalue weighted by Gasteiger charge is -2.30. The molecule has 0 bridgehead atoms. The molecule has 2 heterocycles. The molecule has 144 valence electrons. The van der Waals surface area contributed by atoms with Crippen molar-refractivity contribution in [1.29, 1.82) is 0 Å². The molecular weight excluding hydrogens is 349 g/mol. The summed E-state index contributed by atoms with van der Waals surface area (Å²) in [6.45, 7) is 3.13. The molecule has 0 unspecified atom stereocenters. The number of halogens is 1. The highest BCUT2D eigenvalue weighted by Crippen LogP contribution is 2.22. The molecule has 1 aromatic carbocycles. The van der Waals surface area contributed by atoms with Crippen LogP contribution in [0, 0.1) is 11.7 Å². The van der Waals surface area contributed by atoms with Gasteiger partial charge in [-0.3, -0.25) is 9.59 Å². The van der Waals surface area contributed by atoms with Crippen molar-refractivity contribution < 1.29 is 18.4 Å². The summed E-state index contributed by atoms with van der Waals surface area (Å²) in [6, 6.07) is 9.23. The molecular formula is C20H24FN3O3. The highest BCUT2D eigenvalue weighted by atomic mass is 19.1. The molecule has 1 aromatic heterocycles. The predicted octanol–water partition coefficient (Wildman–Crippen LogP) is 2.40. The van der Waals surface area contributed by atoms with Gasteiger partial charge >= 0.3 is 0 Å². The van der Waals surface area contributed by atoms with Crippen molar-refractivity contribution in [2.45, 2.75) is 19.3 Å². The summed E-state index contributed by atoms with van der Waals surface area (Å²) < 4.78 is 18.5. The third-order valence-electron chi connectivity index (χ3n) is 4.89. The molecule has 3 N–H and O–H groups in total. The molecule has 0 spiro atoms. The fourth-order valence-electron chi connectivity index (χ4n) is 3.26. The molecule has 1 aliphatic rings. The second-order valence-electron chi connectivity index (χ2n) is 6.80. The Labute approximate surface area is 157 Å². The lowest BCUT2D eigenvalue weighted by atomic mass is 9.96. The first-order valence-electron chi connectivity index (χ1n) is 9.18. The van der Waals surface area contributed by atoms with Crippen molar-refractivity contribution >= 4 is 11.8 Å². The van der Waals surface area contributed by atoms with Gasteiger partial charge in [0.05, 0.1) is 0 Å². The van der Waals surface area contributed by atoms with Gasteiger partial charge in [-0.25, -0.2) is 4.39 Å². The average Bonchev–Trinajstić information content (AvgIpc) is 3.16. The first-order valence-corrected chi connectivity index (χ1v) is 9.18. The minimum atomic E-state index is -0.317. The molecule has 0 atom stereocenters. The van der Waals surface area contributed by atoms with E-state index in [1.165, 1.54) is 12.1 Å². The number of furan rings is 1. The average molecular weight is 373 g/mol. The molecule has 27 heavy (non-hydrogen) atoms. The number of carbonyl (C=O) groups is 2. The predicted molar refractivity (Wildman–Crippen MR) is 99.4 cm³/mol. The van der Waals surface area contributed by atoms with E-state index in [1.807, 2.05) is 0 Å². The summed E-state index contributed by atoms with van der Waals surface area (Å²) in [4.78, 5) is 25.6. The summed E-state index contributed by atoms with van der Waals surface area (Å²) >= 11 is 0. The summed E-state index contributed by atoms with van der Waals surface area (Å²) in [5, 5.41) is 2.85. The number of nitrogens with zero attached hydrogens (tertiary/aromatic N) is 1. The molecule has 1 fully saturated rings. The van der Waals surface area contributed by atoms with Crippen LogP contribution in [0.3, 0.4) is 0 Å². The van der Waals surface area contributed by atoms with Crippen LogP contribution in [-0.2, 0) is 4.79 Å². The first-order chi connectivity index (χ1) is 13.0. The number of primary amides is 1. The lowest BCUT2D eigenvalue weighted by molar-refractivity contribution is -0.123. The minimum Gasteiger partial charge on any atom is -0.451 e. The van der Waals surface area contributed by atoms with Gasteiger partial charge < -0.3 is 20.4 Å². The number of nitrogens with two attached hydrogens (primary N) is 1. The van der Waals surface area contributed by atoms with Gasteiger partial charge in [-0.2, -0.15) is 0 Å². The van der Waals surface area contributed by atoms with Crippen molar-refractivity contribution in [2.75, 3.05) is 26.2 Å². The van der Waals surface area contributed by atoms with Gasteiger partial charge in [-0.15, -0.1) is 0 Å². The topological polar surface area (TPSA) is 88.6 Å². The van der Waals surface area contributed by atoms with Crippen LogP contribution in [-0.4, -0.2) is 42.9 Å². The number of rotatable bonds is 7. The number of nitrogens with one attached hydrogen (secondary N) is 1. The Balaban J connectivity index is 1.40. The van der Waals surface area contributed by atoms with E-state index in [2.05, 4.69) is 10.2 Å². The van der Waals surface area contributed by atoms with Crippen molar-refractivity contribution in [2.24, 2.45) is 11.7 Å². The van der Waals surface area contributed by atoms with Crippen molar-refractivity contribution in [1.82, 2.24) is 10.2 Å². The third kappa shape index (κ3) is 5.17. The summed E-state index contributed by atoms with van der Waals surface area (Å²) in [6.07, 6.45) is 2.43. The smallest absolute Gasteiger partial charge is 0.287 e. The fourth-order valence-corrected chi connectivity index (χ4v) is 3.26. The summed E-state index contributed by atoms with van der Waals surface area (Å²) in [5.41, 5.74) is 6.06. The molecule has 0 saturated carbocycles. The van der Waals surface area contributed by atoms with Gasteiger partial charge in [-0.1, -0.05) is 0 Å². The molecule has 3 rings (SSSR count). The molecule has 6 nitrogen and oxygen atoms in total. The number of amides is 2. The van der Waals surface area contributed by atoms with Crippen molar-refractivity contribution in [3.8, 4) is 11.3 Å². The number of carbonyl (C=O) groups excluding carboxylic acids is 2. The summed E-state index contributed by atoms with van der Waals surface area (Å²) in [5.74, 6) is -0.0393. The number of benzene rings is 1. The van der Waals surface area contributed by atoms with Crippen LogP contribution in [0.15, 0.2) is 40.8 Å². The van der Waals surface area contributed by atoms with Crippen molar-refractivity contribution in [3.05, 3.63) is 48.0 Å². The van der Waals surface area contributed by atoms with E-state index in [-0.39, 0.29) is 29.3 Å². The molecule has 2 amide bonds. The van der Waals surface area contributed by atoms with E-state index in [1.54, 1.807) is 24.3 Å². The molecule has 0 aliphatic carbocycles. The van der Waals surface area contributed by atoms with E-state index in [0.717, 1.165) is 44.5 Å². The van der Waals surface area contributed by atoms with E-state index < -0.39 is 0 Å². The number of likely N-dealkylation sites (tertiary alicyclic amines) is 1. The molecule has 7 heteroatoms. The zero-order valence-electron chi connectivity index (χ0n) is 15.1. The normalized spacial score (nSPS) is 15.6. The van der Waals surface area contributed by atoms with Gasteiger partial charge in [-0.05, 0) is 75.3 Å². The maximum Gasteiger partial charge on any atom is 0.287 e. The van der Waals surface area contributed by atoms with Crippen LogP contribution >= 0.6 is 0 Å². The van der Waals surface area contributed by atoms with Gasteiger partial charge in [0.15, 0.2) is 5.76 Å². The van der Waals surface area contributed by atoms with Crippen LogP contribution in [0.1, 0.15) is 29.8 Å². The number of hydrogen-bond donors (Lipinski definition) is 2. The highest BCUT2D eigenvalue weighted by Gasteiger charge is 2.22. The largest absolute Gasteiger partial charge is 0.451 e. The fraction of sp³-hybridized carbons (Fsp3) is 0.400. The van der Waals surface area contributed by atoms with Gasteiger partial charge in [0.1, 0.15) is 11.6 Å². The quantitative estimate of drug-likeness (QED) is 0.730. The zero-order valence-corrected chi connectivity index (χ0v) is 15.1. The Bertz CT molecular complexity index is 780. The monoisotopic (exact) mass is 373 g/mol. The van der Waals surface area contributed by atoms with Gasteiger partial charge in [0.2, 0.25) is 5.91 Å². The van der Waals surface area contributed by atoms with Gasteiger partial charge in [0.25, 0.3) is 5.91 Å². The van der Waals surface area contributed by atoms with E-state index in [9.17, 15) is 14.0 Å². The highest BCUT2D eigenvalue weighted by molar-refractivity contribution is 5.92. The molecule has 0 radical (unpaired) electrons. The third-order valence-corrected chi connectivity index (χ3v) is 4.89. The Morgan fingerprint density at radius 2 is 1.85 bits per heavy atom. The van der Waals surface area contributed by atoms with Crippen LogP contribution < -0.4 is 11.1 Å². The Morgan fingerprint density at radius 3 is 2.52 bits per heavy atom. The van der Waals surface area contributed by atoms with E-state index >= 15 is 0 Å². The Morgan fingerprint density at radius 1 is 1.15 bits per heavy atom. The zero-order chi connectivity index (χ0) is 19.2. The maximum absolute atomic E-state index is 13.0. The summed E-state index contributed by atoms with van der Waals surface area (Å²) in [7, 11) is 0. The number of piperidine rings is 1.